The lowest BCUT2D eigenvalue weighted by atomic mass is 9.92. The lowest BCUT2D eigenvalue weighted by molar-refractivity contribution is 0.178. The predicted molar refractivity (Wildman–Crippen MR) is 80.8 cm³/mol. The summed E-state index contributed by atoms with van der Waals surface area (Å²) >= 11 is 0. The van der Waals surface area contributed by atoms with Crippen LogP contribution >= 0.6 is 0 Å². The van der Waals surface area contributed by atoms with E-state index >= 15 is 0 Å². The van der Waals surface area contributed by atoms with Crippen LogP contribution in [0.1, 0.15) is 50.8 Å². The highest BCUT2D eigenvalue weighted by atomic mass is 16.5. The van der Waals surface area contributed by atoms with Crippen molar-refractivity contribution in [2.75, 3.05) is 6.54 Å². The number of ether oxygens (including phenoxy) is 1. The lowest BCUT2D eigenvalue weighted by Crippen LogP contribution is -2.39. The molecule has 0 saturated heterocycles. The maximum Gasteiger partial charge on any atom is 0.126 e. The second-order valence-corrected chi connectivity index (χ2v) is 6.04. The van der Waals surface area contributed by atoms with Gasteiger partial charge >= 0.3 is 0 Å². The van der Waals surface area contributed by atoms with Crippen molar-refractivity contribution >= 4 is 0 Å². The highest BCUT2D eigenvalue weighted by molar-refractivity contribution is 5.47. The van der Waals surface area contributed by atoms with Crippen molar-refractivity contribution in [2.24, 2.45) is 0 Å². The summed E-state index contributed by atoms with van der Waals surface area (Å²) < 4.78 is 6.07. The number of nitrogens with zero attached hydrogens (tertiary/aromatic N) is 1. The number of rotatable bonds is 4. The highest BCUT2D eigenvalue weighted by Crippen LogP contribution is 2.34. The van der Waals surface area contributed by atoms with Gasteiger partial charge in [-0.1, -0.05) is 19.1 Å². The van der Waals surface area contributed by atoms with Crippen molar-refractivity contribution in [1.82, 2.24) is 4.90 Å². The molecule has 0 fully saturated rings. The van der Waals surface area contributed by atoms with Gasteiger partial charge in [0, 0.05) is 18.2 Å². The molecule has 0 aromatic heterocycles. The molecule has 0 N–H and O–H groups in total. The molecule has 1 aliphatic rings. The van der Waals surface area contributed by atoms with Crippen molar-refractivity contribution in [3.63, 3.8) is 0 Å². The quantitative estimate of drug-likeness (QED) is 0.814. The summed E-state index contributed by atoms with van der Waals surface area (Å²) in [6, 6.07) is 5.10. The summed E-state index contributed by atoms with van der Waals surface area (Å²) in [5.74, 6) is 1.13. The highest BCUT2D eigenvalue weighted by Gasteiger charge is 2.25. The number of hydrogen-bond donors (Lipinski definition) is 0. The lowest BCUT2D eigenvalue weighted by Gasteiger charge is -2.36. The van der Waals surface area contributed by atoms with Crippen LogP contribution in [0.25, 0.3) is 0 Å². The van der Waals surface area contributed by atoms with Gasteiger partial charge in [-0.2, -0.15) is 0 Å². The molecule has 2 nitrogen and oxygen atoms in total. The third-order valence-electron chi connectivity index (χ3n) is 3.92. The fourth-order valence-electron chi connectivity index (χ4n) is 2.94. The van der Waals surface area contributed by atoms with Crippen LogP contribution in [0.15, 0.2) is 12.1 Å². The van der Waals surface area contributed by atoms with Crippen LogP contribution < -0.4 is 4.74 Å². The molecule has 1 unspecified atom stereocenters. The number of fused-ring (bicyclic) bond motifs is 1. The van der Waals surface area contributed by atoms with Crippen molar-refractivity contribution in [2.45, 2.75) is 66.2 Å². The average Bonchev–Trinajstić information content (AvgIpc) is 2.35. The zero-order valence-corrected chi connectivity index (χ0v) is 13.0. The standard InChI is InChI=1S/C17H27NO/c1-6-9-18-11-15-8-7-13(4)17(19-12(2)3)16(15)10-14(18)5/h7-8,12,14H,6,9-11H2,1-5H3. The zero-order chi connectivity index (χ0) is 14.0. The summed E-state index contributed by atoms with van der Waals surface area (Å²) in [5.41, 5.74) is 4.16. The molecule has 0 radical (unpaired) electrons. The molecule has 0 saturated carbocycles. The predicted octanol–water partition coefficient (Wildman–Crippen LogP) is 3.94. The van der Waals surface area contributed by atoms with E-state index in [0.717, 1.165) is 18.7 Å². The molecule has 19 heavy (non-hydrogen) atoms. The van der Waals surface area contributed by atoms with Crippen molar-refractivity contribution in [3.05, 3.63) is 28.8 Å². The van der Waals surface area contributed by atoms with E-state index in [1.807, 2.05) is 0 Å². The maximum atomic E-state index is 6.07. The monoisotopic (exact) mass is 261 g/mol. The minimum atomic E-state index is 0.245. The minimum absolute atomic E-state index is 0.245. The van der Waals surface area contributed by atoms with E-state index < -0.39 is 0 Å². The van der Waals surface area contributed by atoms with E-state index in [-0.39, 0.29) is 6.10 Å². The number of aryl methyl sites for hydroxylation is 1. The van der Waals surface area contributed by atoms with Gasteiger partial charge < -0.3 is 4.74 Å². The molecule has 1 aliphatic heterocycles. The Bertz CT molecular complexity index is 439. The molecule has 1 heterocycles. The fourth-order valence-corrected chi connectivity index (χ4v) is 2.94. The Morgan fingerprint density at radius 2 is 2.11 bits per heavy atom. The normalized spacial score (nSPS) is 19.6. The van der Waals surface area contributed by atoms with Crippen LogP contribution in [0.2, 0.25) is 0 Å². The first-order valence-electron chi connectivity index (χ1n) is 7.55. The summed E-state index contributed by atoms with van der Waals surface area (Å²) in [6.07, 6.45) is 2.58. The summed E-state index contributed by atoms with van der Waals surface area (Å²) in [7, 11) is 0. The molecular weight excluding hydrogens is 234 g/mol. The molecular formula is C17H27NO. The summed E-state index contributed by atoms with van der Waals surface area (Å²) in [5, 5.41) is 0. The maximum absolute atomic E-state index is 6.07. The van der Waals surface area contributed by atoms with Crippen molar-refractivity contribution in [1.29, 1.82) is 0 Å². The molecule has 2 heteroatoms. The molecule has 0 aliphatic carbocycles. The van der Waals surface area contributed by atoms with Crippen molar-refractivity contribution < 1.29 is 4.74 Å². The Hall–Kier alpha value is -1.02. The van der Waals surface area contributed by atoms with Crippen LogP contribution in [0, 0.1) is 6.92 Å². The zero-order valence-electron chi connectivity index (χ0n) is 13.0. The van der Waals surface area contributed by atoms with Gasteiger partial charge in [-0.15, -0.1) is 0 Å². The molecule has 0 amide bonds. The van der Waals surface area contributed by atoms with E-state index in [9.17, 15) is 0 Å². The fraction of sp³-hybridized carbons (Fsp3) is 0.647. The Balaban J connectivity index is 2.33. The third-order valence-corrected chi connectivity index (χ3v) is 3.92. The van der Waals surface area contributed by atoms with Crippen LogP contribution in [-0.4, -0.2) is 23.6 Å². The number of hydrogen-bond acceptors (Lipinski definition) is 2. The summed E-state index contributed by atoms with van der Waals surface area (Å²) in [4.78, 5) is 2.58. The van der Waals surface area contributed by atoms with E-state index in [0.29, 0.717) is 6.04 Å². The Morgan fingerprint density at radius 1 is 1.37 bits per heavy atom. The first-order valence-corrected chi connectivity index (χ1v) is 7.55. The van der Waals surface area contributed by atoms with E-state index in [4.69, 9.17) is 4.74 Å². The van der Waals surface area contributed by atoms with Crippen LogP contribution in [0.3, 0.4) is 0 Å². The van der Waals surface area contributed by atoms with Gasteiger partial charge in [-0.3, -0.25) is 4.90 Å². The molecule has 1 atom stereocenters. The van der Waals surface area contributed by atoms with Gasteiger partial charge in [0.05, 0.1) is 6.10 Å². The molecule has 0 spiro atoms. The summed E-state index contributed by atoms with van der Waals surface area (Å²) in [6.45, 7) is 13.2. The van der Waals surface area contributed by atoms with Gasteiger partial charge in [0.15, 0.2) is 0 Å². The molecule has 1 aromatic rings. The van der Waals surface area contributed by atoms with Crippen LogP contribution in [-0.2, 0) is 13.0 Å². The SMILES string of the molecule is CCCN1Cc2ccc(C)c(OC(C)C)c2CC1C. The first-order chi connectivity index (χ1) is 9.02. The molecule has 106 valence electrons. The Kier molecular flexibility index (Phi) is 4.51. The van der Waals surface area contributed by atoms with Gasteiger partial charge in [0.1, 0.15) is 5.75 Å². The third kappa shape index (κ3) is 3.11. The van der Waals surface area contributed by atoms with Gasteiger partial charge in [0.2, 0.25) is 0 Å². The first kappa shape index (κ1) is 14.4. The van der Waals surface area contributed by atoms with Gasteiger partial charge in [-0.25, -0.2) is 0 Å². The molecule has 1 aromatic carbocycles. The molecule has 2 rings (SSSR count). The van der Waals surface area contributed by atoms with Gasteiger partial charge in [0.25, 0.3) is 0 Å². The Morgan fingerprint density at radius 3 is 2.74 bits per heavy atom. The van der Waals surface area contributed by atoms with Gasteiger partial charge in [-0.05, 0) is 58.2 Å². The van der Waals surface area contributed by atoms with E-state index in [1.54, 1.807) is 0 Å². The van der Waals surface area contributed by atoms with Crippen LogP contribution in [0.5, 0.6) is 5.75 Å². The number of benzene rings is 1. The second kappa shape index (κ2) is 5.96. The smallest absolute Gasteiger partial charge is 0.126 e. The largest absolute Gasteiger partial charge is 0.490 e. The minimum Gasteiger partial charge on any atom is -0.490 e. The van der Waals surface area contributed by atoms with Crippen molar-refractivity contribution in [3.8, 4) is 5.75 Å². The Labute approximate surface area is 117 Å². The van der Waals surface area contributed by atoms with Crippen LogP contribution in [0.4, 0.5) is 0 Å². The average molecular weight is 261 g/mol. The van der Waals surface area contributed by atoms with E-state index in [2.05, 4.69) is 51.7 Å². The topological polar surface area (TPSA) is 12.5 Å². The van der Waals surface area contributed by atoms with E-state index in [1.165, 1.54) is 29.7 Å². The molecule has 0 bridgehead atoms. The second-order valence-electron chi connectivity index (χ2n) is 6.04.